The fraction of sp³-hybridized carbons (Fsp3) is 0.588. The summed E-state index contributed by atoms with van der Waals surface area (Å²) in [6.45, 7) is 13.7. The van der Waals surface area contributed by atoms with Crippen molar-refractivity contribution in [1.82, 2.24) is 4.90 Å². The molecule has 0 bridgehead atoms. The summed E-state index contributed by atoms with van der Waals surface area (Å²) in [6.07, 6.45) is 1.17. The molecule has 0 aliphatic carbocycles. The van der Waals surface area contributed by atoms with Crippen LogP contribution in [-0.4, -0.2) is 43.4 Å². The molecule has 1 rings (SSSR count). The molecule has 0 radical (unpaired) electrons. The number of hydrogen-bond acceptors (Lipinski definition) is 3. The minimum Gasteiger partial charge on any atom is -0.372 e. The van der Waals surface area contributed by atoms with E-state index in [4.69, 9.17) is 0 Å². The number of benzene rings is 1. The van der Waals surface area contributed by atoms with E-state index in [2.05, 4.69) is 42.7 Å². The highest BCUT2D eigenvalue weighted by Gasteiger charge is 2.06. The lowest BCUT2D eigenvalue weighted by molar-refractivity contribution is 0.101. The lowest BCUT2D eigenvalue weighted by atomic mass is 10.1. The normalized spacial score (nSPS) is 10.8. The van der Waals surface area contributed by atoms with Gasteiger partial charge in [-0.05, 0) is 64.2 Å². The van der Waals surface area contributed by atoms with Crippen LogP contribution in [0.25, 0.3) is 0 Å². The number of anilines is 1. The topological polar surface area (TPSA) is 23.6 Å². The van der Waals surface area contributed by atoms with Crippen LogP contribution < -0.4 is 4.90 Å². The molecule has 0 aliphatic heterocycles. The van der Waals surface area contributed by atoms with Crippen LogP contribution >= 0.6 is 0 Å². The second-order valence-electron chi connectivity index (χ2n) is 5.06. The summed E-state index contributed by atoms with van der Waals surface area (Å²) in [4.78, 5) is 16.1. The minimum absolute atomic E-state index is 0.126. The van der Waals surface area contributed by atoms with Gasteiger partial charge in [-0.25, -0.2) is 0 Å². The third-order valence-corrected chi connectivity index (χ3v) is 3.82. The fourth-order valence-electron chi connectivity index (χ4n) is 2.40. The van der Waals surface area contributed by atoms with E-state index in [0.29, 0.717) is 0 Å². The average Bonchev–Trinajstić information content (AvgIpc) is 2.48. The Balaban J connectivity index is 2.55. The molecule has 0 fully saturated rings. The van der Waals surface area contributed by atoms with E-state index in [1.165, 1.54) is 12.1 Å². The van der Waals surface area contributed by atoms with Crippen LogP contribution in [-0.2, 0) is 0 Å². The zero-order valence-electron chi connectivity index (χ0n) is 13.4. The van der Waals surface area contributed by atoms with Crippen molar-refractivity contribution in [2.75, 3.05) is 37.6 Å². The van der Waals surface area contributed by atoms with Crippen LogP contribution in [0.15, 0.2) is 24.3 Å². The highest BCUT2D eigenvalue weighted by atomic mass is 16.1. The Morgan fingerprint density at radius 2 is 1.55 bits per heavy atom. The van der Waals surface area contributed by atoms with Gasteiger partial charge in [0.2, 0.25) is 0 Å². The molecule has 0 atom stereocenters. The number of nitrogens with zero attached hydrogens (tertiary/aromatic N) is 2. The number of hydrogen-bond donors (Lipinski definition) is 0. The van der Waals surface area contributed by atoms with Crippen molar-refractivity contribution in [3.05, 3.63) is 29.8 Å². The fourth-order valence-corrected chi connectivity index (χ4v) is 2.40. The zero-order chi connectivity index (χ0) is 15.0. The van der Waals surface area contributed by atoms with Crippen LogP contribution in [0.5, 0.6) is 0 Å². The molecule has 0 amide bonds. The van der Waals surface area contributed by atoms with Crippen LogP contribution in [0.2, 0.25) is 0 Å². The van der Waals surface area contributed by atoms with Crippen molar-refractivity contribution in [2.24, 2.45) is 0 Å². The molecule has 0 aliphatic rings. The summed E-state index contributed by atoms with van der Waals surface area (Å²) in [5, 5.41) is 0. The van der Waals surface area contributed by atoms with E-state index in [1.807, 2.05) is 12.1 Å². The smallest absolute Gasteiger partial charge is 0.159 e. The van der Waals surface area contributed by atoms with Gasteiger partial charge in [0.15, 0.2) is 5.78 Å². The Morgan fingerprint density at radius 3 is 2.00 bits per heavy atom. The molecule has 0 aromatic heterocycles. The predicted octanol–water partition coefficient (Wildman–Crippen LogP) is 3.45. The maximum absolute atomic E-state index is 11.3. The van der Waals surface area contributed by atoms with Crippen LogP contribution in [0.3, 0.4) is 0 Å². The summed E-state index contributed by atoms with van der Waals surface area (Å²) >= 11 is 0. The van der Waals surface area contributed by atoms with E-state index < -0.39 is 0 Å². The molecule has 1 aromatic rings. The number of Topliss-reactive ketones (excluding diaryl/α,β-unsaturated/α-hetero) is 1. The van der Waals surface area contributed by atoms with Gasteiger partial charge in [-0.3, -0.25) is 4.79 Å². The summed E-state index contributed by atoms with van der Waals surface area (Å²) in [5.41, 5.74) is 1.99. The maximum atomic E-state index is 11.3. The molecule has 1 aromatic carbocycles. The molecule has 0 spiro atoms. The molecule has 0 saturated carbocycles. The monoisotopic (exact) mass is 276 g/mol. The first-order valence-corrected chi connectivity index (χ1v) is 7.70. The van der Waals surface area contributed by atoms with Gasteiger partial charge < -0.3 is 9.80 Å². The van der Waals surface area contributed by atoms with Gasteiger partial charge in [0.1, 0.15) is 0 Å². The first-order chi connectivity index (χ1) is 9.62. The van der Waals surface area contributed by atoms with Crippen molar-refractivity contribution in [3.8, 4) is 0 Å². The summed E-state index contributed by atoms with van der Waals surface area (Å²) in [6, 6.07) is 7.95. The average molecular weight is 276 g/mol. The van der Waals surface area contributed by atoms with Gasteiger partial charge in [0, 0.05) is 24.3 Å². The first kappa shape index (κ1) is 16.7. The van der Waals surface area contributed by atoms with E-state index >= 15 is 0 Å². The summed E-state index contributed by atoms with van der Waals surface area (Å²) in [5.74, 6) is 0.126. The van der Waals surface area contributed by atoms with E-state index in [-0.39, 0.29) is 5.78 Å². The van der Waals surface area contributed by atoms with E-state index in [1.54, 1.807) is 6.92 Å². The Kier molecular flexibility index (Phi) is 7.31. The Morgan fingerprint density at radius 1 is 0.950 bits per heavy atom. The molecule has 0 N–H and O–H groups in total. The molecule has 0 unspecified atom stereocenters. The van der Waals surface area contributed by atoms with Crippen LogP contribution in [0.4, 0.5) is 5.69 Å². The number of carbonyl (C=O) groups excluding carboxylic acids is 1. The molecule has 3 heteroatoms. The number of rotatable bonds is 9. The van der Waals surface area contributed by atoms with Gasteiger partial charge in [0.05, 0.1) is 0 Å². The largest absolute Gasteiger partial charge is 0.372 e. The maximum Gasteiger partial charge on any atom is 0.159 e. The second-order valence-corrected chi connectivity index (χ2v) is 5.06. The highest BCUT2D eigenvalue weighted by Crippen LogP contribution is 2.16. The van der Waals surface area contributed by atoms with Gasteiger partial charge in [-0.2, -0.15) is 0 Å². The molecular weight excluding hydrogens is 248 g/mol. The Labute approximate surface area is 123 Å². The van der Waals surface area contributed by atoms with Crippen molar-refractivity contribution in [3.63, 3.8) is 0 Å². The lowest BCUT2D eigenvalue weighted by Crippen LogP contribution is -2.30. The first-order valence-electron chi connectivity index (χ1n) is 7.70. The molecule has 20 heavy (non-hydrogen) atoms. The van der Waals surface area contributed by atoms with Gasteiger partial charge in [0.25, 0.3) is 0 Å². The van der Waals surface area contributed by atoms with Crippen molar-refractivity contribution >= 4 is 11.5 Å². The van der Waals surface area contributed by atoms with Crippen molar-refractivity contribution in [2.45, 2.75) is 34.1 Å². The van der Waals surface area contributed by atoms with Crippen molar-refractivity contribution < 1.29 is 4.79 Å². The van der Waals surface area contributed by atoms with Gasteiger partial charge in [-0.15, -0.1) is 0 Å². The zero-order valence-corrected chi connectivity index (χ0v) is 13.4. The van der Waals surface area contributed by atoms with Gasteiger partial charge in [-0.1, -0.05) is 13.8 Å². The van der Waals surface area contributed by atoms with Crippen LogP contribution in [0, 0.1) is 0 Å². The third kappa shape index (κ3) is 4.97. The lowest BCUT2D eigenvalue weighted by Gasteiger charge is -2.25. The second kappa shape index (κ2) is 8.75. The predicted molar refractivity (Wildman–Crippen MR) is 86.7 cm³/mol. The minimum atomic E-state index is 0.126. The summed E-state index contributed by atoms with van der Waals surface area (Å²) in [7, 11) is 0. The van der Waals surface area contributed by atoms with Crippen molar-refractivity contribution in [1.29, 1.82) is 0 Å². The number of ketones is 1. The van der Waals surface area contributed by atoms with E-state index in [0.717, 1.165) is 38.3 Å². The molecule has 0 heterocycles. The molecule has 112 valence electrons. The van der Waals surface area contributed by atoms with Crippen LogP contribution in [0.1, 0.15) is 44.5 Å². The molecular formula is C17H28N2O. The Bertz CT molecular complexity index is 396. The highest BCUT2D eigenvalue weighted by molar-refractivity contribution is 5.94. The summed E-state index contributed by atoms with van der Waals surface area (Å²) < 4.78 is 0. The molecule has 3 nitrogen and oxygen atoms in total. The Hall–Kier alpha value is -1.35. The molecule has 0 saturated heterocycles. The standard InChI is InChI=1S/C17H28N2O/c1-5-18(6-2)13-8-14-19(7-3)17-11-9-16(10-12-17)15(4)20/h9-12H,5-8,13-14H2,1-4H3. The van der Waals surface area contributed by atoms with E-state index in [9.17, 15) is 4.79 Å². The van der Waals surface area contributed by atoms with Gasteiger partial charge >= 0.3 is 0 Å². The number of carbonyl (C=O) groups is 1. The third-order valence-electron chi connectivity index (χ3n) is 3.82. The quantitative estimate of drug-likeness (QED) is 0.645. The SMILES string of the molecule is CCN(CC)CCCN(CC)c1ccc(C(C)=O)cc1.